The van der Waals surface area contributed by atoms with Gasteiger partial charge in [0.1, 0.15) is 17.0 Å². The zero-order chi connectivity index (χ0) is 43.4. The minimum Gasteiger partial charge on any atom is -0.456 e. The molecule has 0 unspecified atom stereocenters. The first-order chi connectivity index (χ1) is 31.9. The summed E-state index contributed by atoms with van der Waals surface area (Å²) in [5, 5.41) is 6.93. The Hall–Kier alpha value is -8.41. The number of aromatic nitrogens is 2. The van der Waals surface area contributed by atoms with Gasteiger partial charge in [0.2, 0.25) is 0 Å². The predicted octanol–water partition coefficient (Wildman–Crippen LogP) is 15.0. The predicted molar refractivity (Wildman–Crippen MR) is 271 cm³/mol. The fraction of sp³-hybridized carbons (Fsp3) is 0.0500. The number of nitrogens with two attached hydrogens (primary N) is 1. The highest BCUT2D eigenvalue weighted by Gasteiger charge is 2.36. The summed E-state index contributed by atoms with van der Waals surface area (Å²) in [5.41, 5.74) is 23.7. The molecule has 0 radical (unpaired) electrons. The molecule has 3 heterocycles. The van der Waals surface area contributed by atoms with Crippen LogP contribution in [0.15, 0.2) is 216 Å². The maximum atomic E-state index is 6.66. The van der Waals surface area contributed by atoms with E-state index in [0.29, 0.717) is 5.70 Å². The van der Waals surface area contributed by atoms with E-state index in [0.717, 1.165) is 77.7 Å². The number of para-hydroxylation sites is 2. The molecule has 0 saturated carbocycles. The van der Waals surface area contributed by atoms with Gasteiger partial charge in [-0.3, -0.25) is 4.57 Å². The molecule has 2 N–H and O–H groups in total. The Morgan fingerprint density at radius 2 is 1.11 bits per heavy atom. The normalized spacial score (nSPS) is 13.8. The van der Waals surface area contributed by atoms with Crippen molar-refractivity contribution in [1.82, 2.24) is 9.13 Å². The van der Waals surface area contributed by atoms with E-state index in [1.165, 1.54) is 43.9 Å². The maximum Gasteiger partial charge on any atom is 0.145 e. The van der Waals surface area contributed by atoms with E-state index in [2.05, 4.69) is 205 Å². The van der Waals surface area contributed by atoms with E-state index in [4.69, 9.17) is 15.1 Å². The van der Waals surface area contributed by atoms with Gasteiger partial charge in [-0.2, -0.15) is 0 Å². The topological polar surface area (TPSA) is 61.4 Å². The van der Waals surface area contributed by atoms with Gasteiger partial charge in [0.25, 0.3) is 0 Å². The summed E-state index contributed by atoms with van der Waals surface area (Å²) >= 11 is 0. The Morgan fingerprint density at radius 3 is 1.89 bits per heavy atom. The Balaban J connectivity index is 1.05. The van der Waals surface area contributed by atoms with Crippen molar-refractivity contribution < 1.29 is 4.42 Å². The van der Waals surface area contributed by atoms with E-state index >= 15 is 0 Å². The highest BCUT2D eigenvalue weighted by Crippen LogP contribution is 2.51. The van der Waals surface area contributed by atoms with Crippen LogP contribution >= 0.6 is 0 Å². The molecule has 9 aromatic carbocycles. The van der Waals surface area contributed by atoms with Crippen molar-refractivity contribution in [3.05, 3.63) is 229 Å². The van der Waals surface area contributed by atoms with Gasteiger partial charge in [-0.1, -0.05) is 147 Å². The number of fused-ring (bicyclic) bond motifs is 12. The number of aliphatic imine (C=N–C) groups is 1. The Labute approximate surface area is 375 Å². The summed E-state index contributed by atoms with van der Waals surface area (Å²) in [6.45, 7) is 4.68. The van der Waals surface area contributed by atoms with E-state index in [1.807, 2.05) is 18.2 Å². The van der Waals surface area contributed by atoms with Crippen molar-refractivity contribution in [3.63, 3.8) is 0 Å². The van der Waals surface area contributed by atoms with E-state index in [9.17, 15) is 0 Å². The van der Waals surface area contributed by atoms with Crippen molar-refractivity contribution in [3.8, 4) is 27.9 Å². The van der Waals surface area contributed by atoms with Gasteiger partial charge >= 0.3 is 0 Å². The molecule has 3 aromatic heterocycles. The summed E-state index contributed by atoms with van der Waals surface area (Å²) < 4.78 is 11.3. The minimum atomic E-state index is -0.187. The van der Waals surface area contributed by atoms with Crippen molar-refractivity contribution >= 4 is 77.1 Å². The largest absolute Gasteiger partial charge is 0.456 e. The molecule has 0 atom stereocenters. The molecular weight excluding hydrogens is 793 g/mol. The summed E-state index contributed by atoms with van der Waals surface area (Å²) in [5.74, 6) is 0.804. The molecule has 0 amide bonds. The molecule has 0 saturated heterocycles. The number of furan rings is 1. The number of nitrogens with zero attached hydrogens (tertiary/aromatic N) is 3. The molecule has 1 aliphatic carbocycles. The Bertz CT molecular complexity index is 3960. The first-order valence-electron chi connectivity index (χ1n) is 22.2. The van der Waals surface area contributed by atoms with Gasteiger partial charge in [-0.25, -0.2) is 4.99 Å². The average molecular weight is 835 g/mol. The quantitative estimate of drug-likeness (QED) is 0.139. The van der Waals surface area contributed by atoms with E-state index in [-0.39, 0.29) is 5.41 Å². The fourth-order valence-corrected chi connectivity index (χ4v) is 10.6. The first-order valence-corrected chi connectivity index (χ1v) is 22.2. The molecular formula is C60H42N4O. The fourth-order valence-electron chi connectivity index (χ4n) is 10.6. The zero-order valence-corrected chi connectivity index (χ0v) is 36.0. The van der Waals surface area contributed by atoms with E-state index < -0.39 is 0 Å². The standard InChI is InChI=1S/C60H42N4O/c1-60(2)50-24-14-12-22-42(50)44-32-47-45-30-39(26-28-54(45)64(55(47)34-51(44)60)59(38-18-8-4-9-19-38)62-52(36-61)37-16-6-3-7-17-37)40-27-29-57-48(31-40)49-33-46-43-23-13-15-25-53(43)63(41-20-10-5-11-21-41)56(46)35-58(49)65-57/h3-36H,61H2,1-2H3/b52-36-,62-59?. The Kier molecular flexibility index (Phi) is 8.03. The van der Waals surface area contributed by atoms with Crippen molar-refractivity contribution in [1.29, 1.82) is 0 Å². The van der Waals surface area contributed by atoms with Crippen LogP contribution in [0.2, 0.25) is 0 Å². The molecule has 12 aromatic rings. The molecule has 0 bridgehead atoms. The van der Waals surface area contributed by atoms with Crippen LogP contribution < -0.4 is 5.73 Å². The summed E-state index contributed by atoms with van der Waals surface area (Å²) in [6.07, 6.45) is 1.61. The van der Waals surface area contributed by atoms with Crippen LogP contribution in [0.3, 0.4) is 0 Å². The first kappa shape index (κ1) is 37.2. The van der Waals surface area contributed by atoms with Gasteiger partial charge in [-0.05, 0) is 94.0 Å². The lowest BCUT2D eigenvalue weighted by Crippen LogP contribution is -2.16. The lowest BCUT2D eigenvalue weighted by molar-refractivity contribution is 0.661. The van der Waals surface area contributed by atoms with Crippen molar-refractivity contribution in [2.45, 2.75) is 19.3 Å². The number of hydrogen-bond donors (Lipinski definition) is 1. The van der Waals surface area contributed by atoms with Gasteiger partial charge in [0, 0.05) is 66.8 Å². The third-order valence-corrected chi connectivity index (χ3v) is 13.8. The third kappa shape index (κ3) is 5.55. The Morgan fingerprint density at radius 1 is 0.477 bits per heavy atom. The maximum absolute atomic E-state index is 6.66. The van der Waals surface area contributed by atoms with Crippen molar-refractivity contribution in [2.24, 2.45) is 10.7 Å². The smallest absolute Gasteiger partial charge is 0.145 e. The van der Waals surface area contributed by atoms with Crippen LogP contribution in [-0.2, 0) is 5.41 Å². The number of hydrogen-bond acceptors (Lipinski definition) is 3. The van der Waals surface area contributed by atoms with Crippen LogP contribution in [-0.4, -0.2) is 15.0 Å². The minimum absolute atomic E-state index is 0.187. The number of rotatable bonds is 5. The van der Waals surface area contributed by atoms with E-state index in [1.54, 1.807) is 6.20 Å². The SMILES string of the molecule is CC1(C)c2ccccc2-c2cc3c4cc(-c5ccc6oc7cc8c(cc7c6c5)c5ccccc5n8-c5ccccc5)ccc4n(C(=N/C(=C\N)c4ccccc4)c4ccccc4)c3cc21. The molecule has 0 aliphatic heterocycles. The van der Waals surface area contributed by atoms with Gasteiger partial charge < -0.3 is 14.7 Å². The van der Waals surface area contributed by atoms with Crippen molar-refractivity contribution in [2.75, 3.05) is 0 Å². The summed E-state index contributed by atoms with van der Waals surface area (Å²) in [7, 11) is 0. The van der Waals surface area contributed by atoms with Crippen LogP contribution in [0.5, 0.6) is 0 Å². The molecule has 5 heteroatoms. The second-order valence-electron chi connectivity index (χ2n) is 17.7. The molecule has 13 rings (SSSR count). The lowest BCUT2D eigenvalue weighted by atomic mass is 9.82. The van der Waals surface area contributed by atoms with Crippen LogP contribution in [0.1, 0.15) is 36.1 Å². The van der Waals surface area contributed by atoms with Gasteiger partial charge in [-0.15, -0.1) is 0 Å². The van der Waals surface area contributed by atoms with Gasteiger partial charge in [0.05, 0.1) is 27.8 Å². The third-order valence-electron chi connectivity index (χ3n) is 13.8. The highest BCUT2D eigenvalue weighted by atomic mass is 16.3. The highest BCUT2D eigenvalue weighted by molar-refractivity contribution is 6.21. The average Bonchev–Trinajstić information content (AvgIpc) is 4.05. The number of benzene rings is 9. The zero-order valence-electron chi connectivity index (χ0n) is 36.0. The second-order valence-corrected chi connectivity index (χ2v) is 17.7. The lowest BCUT2D eigenvalue weighted by Gasteiger charge is -2.22. The summed E-state index contributed by atoms with van der Waals surface area (Å²) in [4.78, 5) is 5.45. The summed E-state index contributed by atoms with van der Waals surface area (Å²) in [6, 6.07) is 71.6. The molecule has 1 aliphatic rings. The molecule has 65 heavy (non-hydrogen) atoms. The molecule has 0 fully saturated rings. The molecule has 0 spiro atoms. The molecule has 5 nitrogen and oxygen atoms in total. The van der Waals surface area contributed by atoms with Crippen LogP contribution in [0.4, 0.5) is 0 Å². The second kappa shape index (κ2) is 14.0. The molecule has 308 valence electrons. The van der Waals surface area contributed by atoms with Crippen LogP contribution in [0, 0.1) is 0 Å². The van der Waals surface area contributed by atoms with Gasteiger partial charge in [0.15, 0.2) is 0 Å². The monoisotopic (exact) mass is 834 g/mol. The van der Waals surface area contributed by atoms with Crippen LogP contribution in [0.25, 0.3) is 99.2 Å².